The zero-order valence-electron chi connectivity index (χ0n) is 8.99. The van der Waals surface area contributed by atoms with Gasteiger partial charge in [-0.1, -0.05) is 23.7 Å². The number of carbonyl (C=O) groups is 1. The predicted octanol–water partition coefficient (Wildman–Crippen LogP) is 3.18. The summed E-state index contributed by atoms with van der Waals surface area (Å²) in [6, 6.07) is 5.32. The van der Waals surface area contributed by atoms with E-state index >= 15 is 0 Å². The molecule has 0 saturated carbocycles. The molecule has 0 radical (unpaired) electrons. The van der Waals surface area contributed by atoms with E-state index in [0.717, 1.165) is 0 Å². The van der Waals surface area contributed by atoms with Crippen LogP contribution < -0.4 is 4.74 Å². The van der Waals surface area contributed by atoms with Gasteiger partial charge < -0.3 is 9.47 Å². The van der Waals surface area contributed by atoms with Crippen molar-refractivity contribution >= 4 is 23.6 Å². The Morgan fingerprint density at radius 2 is 2.06 bits per heavy atom. The number of benzene rings is 1. The maximum Gasteiger partial charge on any atom is 0.345 e. The van der Waals surface area contributed by atoms with Crippen molar-refractivity contribution in [3.63, 3.8) is 0 Å². The first-order chi connectivity index (χ1) is 7.53. The minimum Gasteiger partial charge on any atom is -0.452 e. The van der Waals surface area contributed by atoms with Crippen molar-refractivity contribution < 1.29 is 14.3 Å². The maximum atomic E-state index is 11.8. The predicted molar refractivity (Wildman–Crippen MR) is 61.5 cm³/mol. The van der Waals surface area contributed by atoms with Gasteiger partial charge in [-0.3, -0.25) is 0 Å². The Balaban J connectivity index is 2.56. The molecule has 0 fully saturated rings. The summed E-state index contributed by atoms with van der Waals surface area (Å²) in [6.45, 7) is 3.38. The van der Waals surface area contributed by atoms with Crippen LogP contribution in [-0.4, -0.2) is 11.8 Å². The number of ether oxygens (including phenoxy) is 2. The number of carbonyl (C=O) groups excluding carboxylic acids is 1. The normalized spacial score (nSPS) is 17.8. The van der Waals surface area contributed by atoms with Crippen LogP contribution in [0.25, 0.3) is 6.08 Å². The molecule has 0 bridgehead atoms. The van der Waals surface area contributed by atoms with E-state index in [9.17, 15) is 4.79 Å². The van der Waals surface area contributed by atoms with Gasteiger partial charge in [0.05, 0.1) is 0 Å². The summed E-state index contributed by atoms with van der Waals surface area (Å²) in [4.78, 5) is 11.8. The fourth-order valence-electron chi connectivity index (χ4n) is 1.62. The Morgan fingerprint density at radius 3 is 2.75 bits per heavy atom. The number of hydrogen-bond donors (Lipinski definition) is 0. The van der Waals surface area contributed by atoms with Gasteiger partial charge >= 0.3 is 5.97 Å². The highest BCUT2D eigenvalue weighted by Crippen LogP contribution is 2.33. The van der Waals surface area contributed by atoms with Crippen LogP contribution in [0.5, 0.6) is 5.75 Å². The second-order valence-electron chi connectivity index (χ2n) is 3.90. The van der Waals surface area contributed by atoms with Crippen molar-refractivity contribution in [2.24, 2.45) is 0 Å². The number of rotatable bonds is 1. The zero-order valence-corrected chi connectivity index (χ0v) is 9.75. The summed E-state index contributed by atoms with van der Waals surface area (Å²) >= 11 is 5.51. The van der Waals surface area contributed by atoms with Gasteiger partial charge in [0.15, 0.2) is 0 Å². The molecule has 3 nitrogen and oxygen atoms in total. The lowest BCUT2D eigenvalue weighted by Crippen LogP contribution is -2.39. The summed E-state index contributed by atoms with van der Waals surface area (Å²) in [7, 11) is 0. The van der Waals surface area contributed by atoms with Crippen LogP contribution in [0.3, 0.4) is 0 Å². The second kappa shape index (κ2) is 3.83. The molecule has 1 heterocycles. The lowest BCUT2D eigenvalue weighted by atomic mass is 10.1. The van der Waals surface area contributed by atoms with Crippen molar-refractivity contribution in [3.8, 4) is 5.75 Å². The average Bonchev–Trinajstić information content (AvgIpc) is 2.15. The van der Waals surface area contributed by atoms with Gasteiger partial charge in [-0.05, 0) is 17.7 Å². The minimum atomic E-state index is -0.923. The Morgan fingerprint density at radius 1 is 1.31 bits per heavy atom. The Hall–Kier alpha value is -1.48. The molecule has 4 heteroatoms. The van der Waals surface area contributed by atoms with Crippen LogP contribution in [0, 0.1) is 0 Å². The van der Waals surface area contributed by atoms with E-state index in [0.29, 0.717) is 16.9 Å². The molecule has 1 aliphatic heterocycles. The monoisotopic (exact) mass is 238 g/mol. The quantitative estimate of drug-likeness (QED) is 0.705. The molecule has 2 rings (SSSR count). The van der Waals surface area contributed by atoms with Gasteiger partial charge in [0.1, 0.15) is 11.3 Å². The van der Waals surface area contributed by atoms with Crippen molar-refractivity contribution in [2.75, 3.05) is 0 Å². The molecule has 1 aliphatic rings. The number of halogens is 1. The fourth-order valence-corrected chi connectivity index (χ4v) is 1.75. The fraction of sp³-hybridized carbons (Fsp3) is 0.250. The van der Waals surface area contributed by atoms with Crippen LogP contribution in [0.4, 0.5) is 0 Å². The number of hydrogen-bond acceptors (Lipinski definition) is 3. The van der Waals surface area contributed by atoms with E-state index < -0.39 is 11.8 Å². The molecule has 84 valence electrons. The zero-order chi connectivity index (χ0) is 11.8. The van der Waals surface area contributed by atoms with E-state index in [2.05, 4.69) is 0 Å². The third-order valence-electron chi connectivity index (χ3n) is 2.20. The van der Waals surface area contributed by atoms with Crippen LogP contribution in [0.2, 0.25) is 0 Å². The molecular weight excluding hydrogens is 228 g/mol. The molecular formula is C12H11ClO3. The molecule has 1 aromatic rings. The Labute approximate surface area is 98.6 Å². The summed E-state index contributed by atoms with van der Waals surface area (Å²) in [6.07, 6.45) is 1.63. The lowest BCUT2D eigenvalue weighted by Gasteiger charge is -2.32. The second-order valence-corrected chi connectivity index (χ2v) is 4.16. The van der Waals surface area contributed by atoms with Gasteiger partial charge in [-0.25, -0.2) is 4.79 Å². The topological polar surface area (TPSA) is 35.5 Å². The molecule has 0 saturated heterocycles. The third-order valence-corrected chi connectivity index (χ3v) is 2.33. The standard InChI is InChI=1S/C12H11ClO3/c1-12(2)15-9-5-3-4-8(6-7-13)10(9)11(14)16-12/h3-7H,1-2H3/b7-6+. The molecule has 0 aliphatic carbocycles. The number of cyclic esters (lactones) is 1. The largest absolute Gasteiger partial charge is 0.452 e. The van der Waals surface area contributed by atoms with E-state index in [1.807, 2.05) is 0 Å². The van der Waals surface area contributed by atoms with E-state index in [1.54, 1.807) is 38.1 Å². The molecule has 0 unspecified atom stereocenters. The van der Waals surface area contributed by atoms with E-state index in [4.69, 9.17) is 21.1 Å². The molecule has 0 atom stereocenters. The molecule has 16 heavy (non-hydrogen) atoms. The van der Waals surface area contributed by atoms with Gasteiger partial charge in [-0.15, -0.1) is 0 Å². The molecule has 0 N–H and O–H groups in total. The van der Waals surface area contributed by atoms with Gasteiger partial charge in [0.2, 0.25) is 5.79 Å². The van der Waals surface area contributed by atoms with Crippen molar-refractivity contribution in [1.29, 1.82) is 0 Å². The van der Waals surface area contributed by atoms with Gasteiger partial charge in [0.25, 0.3) is 0 Å². The Bertz CT molecular complexity index is 463. The van der Waals surface area contributed by atoms with Crippen LogP contribution in [0.1, 0.15) is 29.8 Å². The molecule has 0 aromatic heterocycles. The minimum absolute atomic E-state index is 0.392. The van der Waals surface area contributed by atoms with Crippen LogP contribution in [-0.2, 0) is 4.74 Å². The number of esters is 1. The molecule has 0 spiro atoms. The van der Waals surface area contributed by atoms with Crippen molar-refractivity contribution in [2.45, 2.75) is 19.6 Å². The lowest BCUT2D eigenvalue weighted by molar-refractivity contribution is -0.127. The average molecular weight is 239 g/mol. The first-order valence-corrected chi connectivity index (χ1v) is 5.29. The number of fused-ring (bicyclic) bond motifs is 1. The summed E-state index contributed by atoms with van der Waals surface area (Å²) in [5, 5.41) is 0. The highest BCUT2D eigenvalue weighted by atomic mass is 35.5. The third kappa shape index (κ3) is 1.91. The SMILES string of the molecule is CC1(C)OC(=O)c2c(/C=C/Cl)cccc2O1. The summed E-state index contributed by atoms with van der Waals surface area (Å²) in [5.74, 6) is -0.793. The molecule has 0 amide bonds. The maximum absolute atomic E-state index is 11.8. The summed E-state index contributed by atoms with van der Waals surface area (Å²) < 4.78 is 10.7. The van der Waals surface area contributed by atoms with Gasteiger partial charge in [-0.2, -0.15) is 0 Å². The highest BCUT2D eigenvalue weighted by molar-refractivity contribution is 6.27. The van der Waals surface area contributed by atoms with E-state index in [-0.39, 0.29) is 0 Å². The summed E-state index contributed by atoms with van der Waals surface area (Å²) in [5.41, 5.74) is 2.45. The van der Waals surface area contributed by atoms with Crippen LogP contribution >= 0.6 is 11.6 Å². The van der Waals surface area contributed by atoms with Gasteiger partial charge in [0, 0.05) is 19.4 Å². The van der Waals surface area contributed by atoms with Crippen molar-refractivity contribution in [3.05, 3.63) is 34.9 Å². The first-order valence-electron chi connectivity index (χ1n) is 4.85. The highest BCUT2D eigenvalue weighted by Gasteiger charge is 2.34. The smallest absolute Gasteiger partial charge is 0.345 e. The first kappa shape index (κ1) is 11.0. The Kier molecular flexibility index (Phi) is 2.64. The molecule has 1 aromatic carbocycles. The van der Waals surface area contributed by atoms with Crippen molar-refractivity contribution in [1.82, 2.24) is 0 Å². The van der Waals surface area contributed by atoms with Crippen LogP contribution in [0.15, 0.2) is 23.7 Å². The van der Waals surface area contributed by atoms with E-state index in [1.165, 1.54) is 5.54 Å².